The van der Waals surface area contributed by atoms with Crippen LogP contribution in [0, 0.1) is 11.3 Å². The average molecular weight is 326 g/mol. The van der Waals surface area contributed by atoms with E-state index in [-0.39, 0.29) is 29.1 Å². The predicted molar refractivity (Wildman–Crippen MR) is 95.3 cm³/mol. The van der Waals surface area contributed by atoms with Gasteiger partial charge in [0.25, 0.3) is 5.91 Å². The summed E-state index contributed by atoms with van der Waals surface area (Å²) >= 11 is 0. The Labute approximate surface area is 144 Å². The lowest BCUT2D eigenvalue weighted by atomic mass is 9.86. The van der Waals surface area contributed by atoms with E-state index in [0.29, 0.717) is 13.1 Å². The van der Waals surface area contributed by atoms with Gasteiger partial charge < -0.3 is 9.64 Å². The van der Waals surface area contributed by atoms with Gasteiger partial charge in [-0.05, 0) is 36.5 Å². The third kappa shape index (κ3) is 4.46. The third-order valence-electron chi connectivity index (χ3n) is 4.15. The number of benzene rings is 1. The molecule has 1 aliphatic rings. The number of carbonyl (C=O) groups excluding carboxylic acids is 1. The second kappa shape index (κ2) is 7.19. The summed E-state index contributed by atoms with van der Waals surface area (Å²) in [7, 11) is 0. The van der Waals surface area contributed by atoms with Crippen LogP contribution in [0.3, 0.4) is 0 Å². The molecule has 1 fully saturated rings. The fourth-order valence-electron chi connectivity index (χ4n) is 2.90. The van der Waals surface area contributed by atoms with Gasteiger partial charge in [0, 0.05) is 13.1 Å². The molecule has 4 heteroatoms. The first-order valence-electron chi connectivity index (χ1n) is 8.38. The Kier molecular flexibility index (Phi) is 5.46. The van der Waals surface area contributed by atoms with Crippen molar-refractivity contribution in [1.29, 1.82) is 5.26 Å². The Morgan fingerprint density at radius 1 is 1.21 bits per heavy atom. The highest BCUT2D eigenvalue weighted by atomic mass is 16.5. The topological polar surface area (TPSA) is 53.3 Å². The van der Waals surface area contributed by atoms with Gasteiger partial charge in [-0.15, -0.1) is 0 Å². The lowest BCUT2D eigenvalue weighted by Gasteiger charge is -2.35. The number of amides is 1. The first-order chi connectivity index (χ1) is 11.2. The molecule has 128 valence electrons. The molecule has 0 spiro atoms. The highest BCUT2D eigenvalue weighted by molar-refractivity contribution is 6.01. The molecule has 1 amide bonds. The van der Waals surface area contributed by atoms with Crippen LogP contribution in [0.1, 0.15) is 45.7 Å². The van der Waals surface area contributed by atoms with E-state index in [9.17, 15) is 10.1 Å². The van der Waals surface area contributed by atoms with Crippen LogP contribution in [0.5, 0.6) is 0 Å². The average Bonchev–Trinajstić information content (AvgIpc) is 2.50. The maximum atomic E-state index is 12.6. The molecule has 0 radical (unpaired) electrons. The maximum Gasteiger partial charge on any atom is 0.264 e. The first-order valence-corrected chi connectivity index (χ1v) is 8.38. The minimum atomic E-state index is -0.223. The van der Waals surface area contributed by atoms with Crippen molar-refractivity contribution >= 4 is 12.0 Å². The van der Waals surface area contributed by atoms with E-state index >= 15 is 0 Å². The van der Waals surface area contributed by atoms with Crippen LogP contribution < -0.4 is 0 Å². The van der Waals surface area contributed by atoms with E-state index in [4.69, 9.17) is 4.74 Å². The molecular weight excluding hydrogens is 300 g/mol. The summed E-state index contributed by atoms with van der Waals surface area (Å²) in [6, 6.07) is 10.1. The number of ether oxygens (including phenoxy) is 1. The standard InChI is InChI=1S/C20H26N2O2/c1-14-12-22(13-15(2)24-14)19(23)17(11-21)10-16-6-8-18(9-7-16)20(3,4)5/h6-10,14-15H,12-13H2,1-5H3. The van der Waals surface area contributed by atoms with Gasteiger partial charge in [-0.25, -0.2) is 0 Å². The van der Waals surface area contributed by atoms with Crippen molar-refractivity contribution in [1.82, 2.24) is 4.90 Å². The molecule has 4 nitrogen and oxygen atoms in total. The second-order valence-electron chi connectivity index (χ2n) is 7.51. The fourth-order valence-corrected chi connectivity index (χ4v) is 2.90. The molecule has 2 rings (SSSR count). The minimum absolute atomic E-state index is 0.0105. The van der Waals surface area contributed by atoms with Gasteiger partial charge in [0.1, 0.15) is 11.6 Å². The van der Waals surface area contributed by atoms with Crippen molar-refractivity contribution in [2.24, 2.45) is 0 Å². The van der Waals surface area contributed by atoms with Crippen LogP contribution in [-0.2, 0) is 14.9 Å². The van der Waals surface area contributed by atoms with Crippen LogP contribution in [0.25, 0.3) is 6.08 Å². The Hall–Kier alpha value is -2.12. The lowest BCUT2D eigenvalue weighted by Crippen LogP contribution is -2.48. The lowest BCUT2D eigenvalue weighted by molar-refractivity contribution is -0.138. The second-order valence-corrected chi connectivity index (χ2v) is 7.51. The number of nitriles is 1. The molecule has 1 aromatic carbocycles. The van der Waals surface area contributed by atoms with E-state index in [1.54, 1.807) is 11.0 Å². The van der Waals surface area contributed by atoms with E-state index in [1.807, 2.05) is 38.1 Å². The smallest absolute Gasteiger partial charge is 0.264 e. The number of hydrogen-bond donors (Lipinski definition) is 0. The largest absolute Gasteiger partial charge is 0.372 e. The Bertz CT molecular complexity index is 652. The van der Waals surface area contributed by atoms with Crippen molar-refractivity contribution in [2.45, 2.75) is 52.2 Å². The Morgan fingerprint density at radius 3 is 2.21 bits per heavy atom. The molecule has 0 bridgehead atoms. The summed E-state index contributed by atoms with van der Waals surface area (Å²) in [6.45, 7) is 11.4. The summed E-state index contributed by atoms with van der Waals surface area (Å²) in [5, 5.41) is 9.41. The SMILES string of the molecule is CC1CN(C(=O)C(C#N)=Cc2ccc(C(C)(C)C)cc2)CC(C)O1. The van der Waals surface area contributed by atoms with Crippen molar-refractivity contribution in [2.75, 3.05) is 13.1 Å². The molecule has 24 heavy (non-hydrogen) atoms. The van der Waals surface area contributed by atoms with Crippen LogP contribution in [-0.4, -0.2) is 36.1 Å². The van der Waals surface area contributed by atoms with Gasteiger partial charge in [0.15, 0.2) is 0 Å². The molecule has 0 aromatic heterocycles. The molecule has 1 saturated heterocycles. The fraction of sp³-hybridized carbons (Fsp3) is 0.500. The van der Waals surface area contributed by atoms with Crippen molar-refractivity contribution in [3.8, 4) is 6.07 Å². The van der Waals surface area contributed by atoms with Crippen molar-refractivity contribution in [3.05, 3.63) is 41.0 Å². The van der Waals surface area contributed by atoms with Crippen LogP contribution in [0.4, 0.5) is 0 Å². The quantitative estimate of drug-likeness (QED) is 0.617. The molecule has 0 N–H and O–H groups in total. The molecular formula is C20H26N2O2. The van der Waals surface area contributed by atoms with E-state index < -0.39 is 0 Å². The van der Waals surface area contributed by atoms with Crippen LogP contribution >= 0.6 is 0 Å². The van der Waals surface area contributed by atoms with Crippen molar-refractivity contribution < 1.29 is 9.53 Å². The van der Waals surface area contributed by atoms with E-state index in [1.165, 1.54) is 5.56 Å². The zero-order valence-corrected chi connectivity index (χ0v) is 15.2. The van der Waals surface area contributed by atoms with Gasteiger partial charge in [-0.2, -0.15) is 5.26 Å². The number of rotatable bonds is 2. The number of hydrogen-bond acceptors (Lipinski definition) is 3. The van der Waals surface area contributed by atoms with Gasteiger partial charge in [0.05, 0.1) is 12.2 Å². The molecule has 2 unspecified atom stereocenters. The number of carbonyl (C=O) groups is 1. The van der Waals surface area contributed by atoms with Crippen LogP contribution in [0.15, 0.2) is 29.8 Å². The molecule has 2 atom stereocenters. The number of nitrogens with zero attached hydrogens (tertiary/aromatic N) is 2. The number of morpholine rings is 1. The minimum Gasteiger partial charge on any atom is -0.372 e. The first kappa shape index (κ1) is 18.2. The molecule has 1 aliphatic heterocycles. The predicted octanol–water partition coefficient (Wildman–Crippen LogP) is 3.53. The van der Waals surface area contributed by atoms with Gasteiger partial charge in [-0.3, -0.25) is 4.79 Å². The highest BCUT2D eigenvalue weighted by Gasteiger charge is 2.27. The Balaban J connectivity index is 2.20. The highest BCUT2D eigenvalue weighted by Crippen LogP contribution is 2.23. The molecule has 1 heterocycles. The van der Waals surface area contributed by atoms with Gasteiger partial charge >= 0.3 is 0 Å². The Morgan fingerprint density at radius 2 is 1.75 bits per heavy atom. The van der Waals surface area contributed by atoms with E-state index in [2.05, 4.69) is 26.8 Å². The summed E-state index contributed by atoms with van der Waals surface area (Å²) in [5.74, 6) is -0.223. The normalized spacial score (nSPS) is 22.2. The summed E-state index contributed by atoms with van der Waals surface area (Å²) in [6.07, 6.45) is 1.65. The maximum absolute atomic E-state index is 12.6. The van der Waals surface area contributed by atoms with Gasteiger partial charge in [0.2, 0.25) is 0 Å². The molecule has 0 saturated carbocycles. The third-order valence-corrected chi connectivity index (χ3v) is 4.15. The monoisotopic (exact) mass is 326 g/mol. The van der Waals surface area contributed by atoms with Crippen molar-refractivity contribution in [3.63, 3.8) is 0 Å². The summed E-state index contributed by atoms with van der Waals surface area (Å²) in [4.78, 5) is 14.3. The van der Waals surface area contributed by atoms with Crippen LogP contribution in [0.2, 0.25) is 0 Å². The van der Waals surface area contributed by atoms with Gasteiger partial charge in [-0.1, -0.05) is 45.0 Å². The summed E-state index contributed by atoms with van der Waals surface area (Å²) in [5.41, 5.74) is 2.33. The van der Waals surface area contributed by atoms with E-state index in [0.717, 1.165) is 5.56 Å². The zero-order chi connectivity index (χ0) is 17.9. The molecule has 0 aliphatic carbocycles. The molecule has 1 aromatic rings. The summed E-state index contributed by atoms with van der Waals surface area (Å²) < 4.78 is 5.65. The zero-order valence-electron chi connectivity index (χ0n) is 15.2.